The van der Waals surface area contributed by atoms with Gasteiger partial charge in [0.25, 0.3) is 0 Å². The van der Waals surface area contributed by atoms with Gasteiger partial charge in [-0.1, -0.05) is 12.1 Å². The molecule has 3 nitrogen and oxygen atoms in total. The van der Waals surface area contributed by atoms with Gasteiger partial charge in [-0.15, -0.1) is 0 Å². The van der Waals surface area contributed by atoms with Gasteiger partial charge in [0.15, 0.2) is 0 Å². The molecule has 1 fully saturated rings. The molecule has 0 saturated carbocycles. The van der Waals surface area contributed by atoms with E-state index in [0.29, 0.717) is 11.4 Å². The van der Waals surface area contributed by atoms with E-state index in [9.17, 15) is 4.39 Å². The van der Waals surface area contributed by atoms with Crippen LogP contribution in [0.25, 0.3) is 10.9 Å². The number of pyridine rings is 1. The van der Waals surface area contributed by atoms with Crippen molar-refractivity contribution in [2.75, 3.05) is 31.7 Å². The predicted octanol–water partition coefficient (Wildman–Crippen LogP) is 3.24. The Kier molecular flexibility index (Phi) is 3.83. The Morgan fingerprint density at radius 2 is 2.30 bits per heavy atom. The van der Waals surface area contributed by atoms with Crippen molar-refractivity contribution in [3.63, 3.8) is 0 Å². The van der Waals surface area contributed by atoms with Gasteiger partial charge in [0.05, 0.1) is 6.61 Å². The summed E-state index contributed by atoms with van der Waals surface area (Å²) in [5.74, 6) is 0.292. The molecule has 0 radical (unpaired) electrons. The maximum atomic E-state index is 13.8. The van der Waals surface area contributed by atoms with E-state index in [1.54, 1.807) is 19.4 Å². The van der Waals surface area contributed by atoms with Gasteiger partial charge in [0, 0.05) is 37.5 Å². The standard InChI is InChI=1S/C16H19FN2O/c1-20-11-12-4-3-9-19(10-12)15-7-8-18-16-13(15)5-2-6-14(16)17/h2,5-8,12H,3-4,9-11H2,1H3/t12-/m0/s1. The Morgan fingerprint density at radius 1 is 1.40 bits per heavy atom. The number of aromatic nitrogens is 1. The summed E-state index contributed by atoms with van der Waals surface area (Å²) in [7, 11) is 1.75. The minimum Gasteiger partial charge on any atom is -0.384 e. The van der Waals surface area contributed by atoms with Gasteiger partial charge in [0.1, 0.15) is 11.3 Å². The normalized spacial score (nSPS) is 19.5. The van der Waals surface area contributed by atoms with Crippen LogP contribution in [0.3, 0.4) is 0 Å². The lowest BCUT2D eigenvalue weighted by Crippen LogP contribution is -2.37. The summed E-state index contributed by atoms with van der Waals surface area (Å²) in [6.07, 6.45) is 4.04. The zero-order valence-corrected chi connectivity index (χ0v) is 11.7. The van der Waals surface area contributed by atoms with Crippen LogP contribution in [-0.4, -0.2) is 31.8 Å². The Hall–Kier alpha value is -1.68. The van der Waals surface area contributed by atoms with Crippen LogP contribution in [-0.2, 0) is 4.74 Å². The number of methoxy groups -OCH3 is 1. The number of fused-ring (bicyclic) bond motifs is 1. The zero-order chi connectivity index (χ0) is 13.9. The summed E-state index contributed by atoms with van der Waals surface area (Å²) in [5, 5.41) is 0.894. The van der Waals surface area contributed by atoms with Crippen molar-refractivity contribution in [3.05, 3.63) is 36.3 Å². The molecular formula is C16H19FN2O. The molecule has 1 aromatic carbocycles. The second-order valence-electron chi connectivity index (χ2n) is 5.38. The van der Waals surface area contributed by atoms with Gasteiger partial charge in [-0.05, 0) is 30.9 Å². The third-order valence-corrected chi connectivity index (χ3v) is 3.96. The lowest BCUT2D eigenvalue weighted by Gasteiger charge is -2.34. The molecule has 0 aliphatic carbocycles. The van der Waals surface area contributed by atoms with Crippen molar-refractivity contribution in [1.82, 2.24) is 4.98 Å². The number of hydrogen-bond acceptors (Lipinski definition) is 3. The van der Waals surface area contributed by atoms with Crippen LogP contribution in [0.15, 0.2) is 30.5 Å². The van der Waals surface area contributed by atoms with Crippen LogP contribution >= 0.6 is 0 Å². The summed E-state index contributed by atoms with van der Waals surface area (Å²) in [5.41, 5.74) is 1.54. The van der Waals surface area contributed by atoms with E-state index >= 15 is 0 Å². The molecule has 0 unspecified atom stereocenters. The van der Waals surface area contributed by atoms with E-state index in [4.69, 9.17) is 4.74 Å². The van der Waals surface area contributed by atoms with E-state index in [1.807, 2.05) is 12.1 Å². The third kappa shape index (κ3) is 2.48. The molecular weight excluding hydrogens is 255 g/mol. The highest BCUT2D eigenvalue weighted by Crippen LogP contribution is 2.30. The fourth-order valence-electron chi connectivity index (χ4n) is 3.06. The zero-order valence-electron chi connectivity index (χ0n) is 11.7. The van der Waals surface area contributed by atoms with Crippen molar-refractivity contribution in [1.29, 1.82) is 0 Å². The molecule has 2 aromatic rings. The number of benzene rings is 1. The molecule has 1 saturated heterocycles. The van der Waals surface area contributed by atoms with Crippen LogP contribution in [0.2, 0.25) is 0 Å². The van der Waals surface area contributed by atoms with Crippen LogP contribution in [0.1, 0.15) is 12.8 Å². The fraction of sp³-hybridized carbons (Fsp3) is 0.438. The van der Waals surface area contributed by atoms with Gasteiger partial charge in [-0.25, -0.2) is 4.39 Å². The quantitative estimate of drug-likeness (QED) is 0.859. The monoisotopic (exact) mass is 274 g/mol. The van der Waals surface area contributed by atoms with Crippen molar-refractivity contribution in [3.8, 4) is 0 Å². The Morgan fingerprint density at radius 3 is 3.15 bits per heavy atom. The molecule has 0 amide bonds. The molecule has 0 spiro atoms. The van der Waals surface area contributed by atoms with E-state index in [-0.39, 0.29) is 5.82 Å². The van der Waals surface area contributed by atoms with Gasteiger partial charge in [-0.3, -0.25) is 4.98 Å². The first-order valence-corrected chi connectivity index (χ1v) is 7.06. The van der Waals surface area contributed by atoms with Gasteiger partial charge in [0.2, 0.25) is 0 Å². The Balaban J connectivity index is 1.95. The van der Waals surface area contributed by atoms with E-state index in [2.05, 4.69) is 9.88 Å². The topological polar surface area (TPSA) is 25.4 Å². The first kappa shape index (κ1) is 13.3. The van der Waals surface area contributed by atoms with Crippen LogP contribution in [0.5, 0.6) is 0 Å². The number of ether oxygens (including phenoxy) is 1. The Bertz CT molecular complexity index is 600. The first-order chi connectivity index (χ1) is 9.79. The molecule has 1 atom stereocenters. The average Bonchev–Trinajstić information content (AvgIpc) is 2.48. The van der Waals surface area contributed by atoms with Crippen molar-refractivity contribution >= 4 is 16.6 Å². The van der Waals surface area contributed by atoms with Crippen LogP contribution in [0, 0.1) is 11.7 Å². The molecule has 4 heteroatoms. The van der Waals surface area contributed by atoms with Crippen LogP contribution < -0.4 is 4.90 Å². The fourth-order valence-corrected chi connectivity index (χ4v) is 3.06. The third-order valence-electron chi connectivity index (χ3n) is 3.96. The minimum atomic E-state index is -0.255. The summed E-state index contributed by atoms with van der Waals surface area (Å²) in [4.78, 5) is 6.50. The van der Waals surface area contributed by atoms with Gasteiger partial charge in [-0.2, -0.15) is 0 Å². The molecule has 1 aliphatic rings. The smallest absolute Gasteiger partial charge is 0.149 e. The summed E-state index contributed by atoms with van der Waals surface area (Å²) in [6, 6.07) is 7.14. The number of hydrogen-bond donors (Lipinski definition) is 0. The summed E-state index contributed by atoms with van der Waals surface area (Å²) in [6.45, 7) is 2.76. The largest absolute Gasteiger partial charge is 0.384 e. The summed E-state index contributed by atoms with van der Waals surface area (Å²) < 4.78 is 19.1. The molecule has 1 aromatic heterocycles. The Labute approximate surface area is 118 Å². The number of para-hydroxylation sites is 1. The molecule has 2 heterocycles. The SMILES string of the molecule is COC[C@H]1CCCN(c2ccnc3c(F)cccc23)C1. The lowest BCUT2D eigenvalue weighted by molar-refractivity contribution is 0.143. The van der Waals surface area contributed by atoms with Gasteiger partial charge >= 0.3 is 0 Å². The summed E-state index contributed by atoms with van der Waals surface area (Å²) >= 11 is 0. The highest BCUT2D eigenvalue weighted by atomic mass is 19.1. The maximum Gasteiger partial charge on any atom is 0.149 e. The highest BCUT2D eigenvalue weighted by molar-refractivity contribution is 5.91. The molecule has 0 bridgehead atoms. The molecule has 20 heavy (non-hydrogen) atoms. The highest BCUT2D eigenvalue weighted by Gasteiger charge is 2.21. The van der Waals surface area contributed by atoms with Crippen LogP contribution in [0.4, 0.5) is 10.1 Å². The van der Waals surface area contributed by atoms with Crippen molar-refractivity contribution < 1.29 is 9.13 Å². The number of anilines is 1. The van der Waals surface area contributed by atoms with E-state index in [1.165, 1.54) is 12.5 Å². The molecule has 106 valence electrons. The number of nitrogens with zero attached hydrogens (tertiary/aromatic N) is 2. The number of halogens is 1. The van der Waals surface area contributed by atoms with Crippen molar-refractivity contribution in [2.24, 2.45) is 5.92 Å². The van der Waals surface area contributed by atoms with E-state index < -0.39 is 0 Å². The van der Waals surface area contributed by atoms with Gasteiger partial charge < -0.3 is 9.64 Å². The maximum absolute atomic E-state index is 13.8. The first-order valence-electron chi connectivity index (χ1n) is 7.06. The lowest BCUT2D eigenvalue weighted by atomic mass is 9.98. The number of piperidine rings is 1. The average molecular weight is 274 g/mol. The minimum absolute atomic E-state index is 0.255. The molecule has 1 aliphatic heterocycles. The molecule has 3 rings (SSSR count). The predicted molar refractivity (Wildman–Crippen MR) is 78.5 cm³/mol. The second kappa shape index (κ2) is 5.75. The second-order valence-corrected chi connectivity index (χ2v) is 5.38. The molecule has 0 N–H and O–H groups in total. The van der Waals surface area contributed by atoms with E-state index in [0.717, 1.165) is 37.2 Å². The van der Waals surface area contributed by atoms with Crippen molar-refractivity contribution in [2.45, 2.75) is 12.8 Å². The number of rotatable bonds is 3.